The van der Waals surface area contributed by atoms with E-state index >= 15 is 0 Å². The number of nitrogens with zero attached hydrogens (tertiary/aromatic N) is 3. The number of fused-ring (bicyclic) bond motifs is 1. The van der Waals surface area contributed by atoms with E-state index in [2.05, 4.69) is 61.0 Å². The number of nitrogens with one attached hydrogen (secondary N) is 1. The van der Waals surface area contributed by atoms with Gasteiger partial charge in [0, 0.05) is 55.3 Å². The number of Topliss-reactive ketones (excluding diaryl/α,β-unsaturated/α-hetero) is 1. The summed E-state index contributed by atoms with van der Waals surface area (Å²) in [6, 6.07) is 2.52. The lowest BCUT2D eigenvalue weighted by Gasteiger charge is -2.48. The first-order valence-corrected chi connectivity index (χ1v) is 20.7. The number of pyridine rings is 2. The summed E-state index contributed by atoms with van der Waals surface area (Å²) in [6.45, 7) is 24.4. The summed E-state index contributed by atoms with van der Waals surface area (Å²) in [5.41, 5.74) is -2.11. The highest BCUT2D eigenvalue weighted by atomic mass is 28.4. The molecule has 0 spiro atoms. The number of ketones is 1. The molecule has 0 saturated carbocycles. The Morgan fingerprint density at radius 3 is 2.21 bits per heavy atom. The minimum Gasteiger partial charge on any atom is -0.460 e. The van der Waals surface area contributed by atoms with E-state index in [0.717, 1.165) is 6.07 Å². The molecule has 53 heavy (non-hydrogen) atoms. The zero-order valence-corrected chi connectivity index (χ0v) is 33.8. The maximum absolute atomic E-state index is 14.2. The van der Waals surface area contributed by atoms with E-state index < -0.39 is 43.1 Å². The first-order chi connectivity index (χ1) is 24.1. The number of alkyl halides is 3. The highest BCUT2D eigenvalue weighted by molar-refractivity contribution is 6.74. The molecule has 3 atom stereocenters. The summed E-state index contributed by atoms with van der Waals surface area (Å²) < 4.78 is 64.3. The molecule has 1 saturated heterocycles. The van der Waals surface area contributed by atoms with E-state index in [1.165, 1.54) is 0 Å². The smallest absolute Gasteiger partial charge is 0.418 e. The first-order valence-electron chi connectivity index (χ1n) is 17.8. The van der Waals surface area contributed by atoms with Crippen molar-refractivity contribution in [3.8, 4) is 0 Å². The van der Waals surface area contributed by atoms with Crippen molar-refractivity contribution in [2.75, 3.05) is 23.3 Å². The van der Waals surface area contributed by atoms with Gasteiger partial charge in [0.2, 0.25) is 5.88 Å². The molecular weight excluding hydrogens is 710 g/mol. The molecule has 1 fully saturated rings. The zero-order chi connectivity index (χ0) is 39.9. The fraction of sp³-hybridized carbons (Fsp3) is 0.605. The van der Waals surface area contributed by atoms with E-state index in [0.29, 0.717) is 30.5 Å². The number of aromatic nitrogens is 2. The molecule has 0 unspecified atom stereocenters. The number of hydrogen-bond donors (Lipinski definition) is 1. The predicted octanol–water partition coefficient (Wildman–Crippen LogP) is 9.21. The largest absolute Gasteiger partial charge is 0.460 e. The number of ether oxygens (including phenoxy) is 2. The van der Waals surface area contributed by atoms with Crippen LogP contribution in [0, 0.1) is 11.8 Å². The van der Waals surface area contributed by atoms with E-state index in [1.54, 1.807) is 39.2 Å². The van der Waals surface area contributed by atoms with E-state index in [4.69, 9.17) is 18.3 Å². The standard InChI is InChI=1S/C38H53F3N4O7Si/c1-22-20-45(21-24(16-29(47)50-35(2,3)4)32(22)52-53(11,12)37(8,9)10)26-13-14-42-18-23(26)15-27(46)30-31-28(17-25(19-43-31)38(39,40)41)49-33(30)44-34(48)51-36(5,6)7/h13-14,17-19,22,24,32H,15-16,20-21H2,1-12H3,(H,44,48)/t22-,24+,32+/m0/s1. The van der Waals surface area contributed by atoms with Crippen molar-refractivity contribution in [2.45, 2.75) is 124 Å². The third-order valence-electron chi connectivity index (χ3n) is 9.39. The molecule has 0 aromatic carbocycles. The Balaban J connectivity index is 1.70. The number of carbonyl (C=O) groups is 3. The van der Waals surface area contributed by atoms with Gasteiger partial charge in [-0.25, -0.2) is 4.79 Å². The average molecular weight is 763 g/mol. The number of furan rings is 1. The molecule has 1 aliphatic heterocycles. The molecule has 15 heteroatoms. The average Bonchev–Trinajstić information content (AvgIpc) is 3.33. The molecule has 1 N–H and O–H groups in total. The molecule has 3 aromatic rings. The Morgan fingerprint density at radius 1 is 0.981 bits per heavy atom. The number of carbonyl (C=O) groups excluding carboxylic acids is 3. The highest BCUT2D eigenvalue weighted by Crippen LogP contribution is 2.42. The Labute approximate surface area is 310 Å². The van der Waals surface area contributed by atoms with Crippen molar-refractivity contribution < 1.29 is 45.9 Å². The summed E-state index contributed by atoms with van der Waals surface area (Å²) in [5.74, 6) is -1.55. The second-order valence-electron chi connectivity index (χ2n) is 17.4. The van der Waals surface area contributed by atoms with Crippen LogP contribution in [-0.4, -0.2) is 66.5 Å². The van der Waals surface area contributed by atoms with Crippen LogP contribution in [-0.2, 0) is 31.3 Å². The molecule has 292 valence electrons. The van der Waals surface area contributed by atoms with Crippen molar-refractivity contribution in [1.29, 1.82) is 0 Å². The number of esters is 1. The Kier molecular flexibility index (Phi) is 11.9. The maximum Gasteiger partial charge on any atom is 0.418 e. The second-order valence-corrected chi connectivity index (χ2v) is 22.1. The topological polar surface area (TPSA) is 133 Å². The summed E-state index contributed by atoms with van der Waals surface area (Å²) in [5, 5.41) is 2.33. The minimum atomic E-state index is -4.72. The molecule has 0 bridgehead atoms. The molecule has 4 rings (SSSR count). The Hall–Kier alpha value is -3.98. The van der Waals surface area contributed by atoms with Crippen molar-refractivity contribution in [3.63, 3.8) is 0 Å². The second kappa shape index (κ2) is 15.0. The van der Waals surface area contributed by atoms with Gasteiger partial charge < -0.3 is 23.2 Å². The van der Waals surface area contributed by atoms with Crippen LogP contribution in [0.25, 0.3) is 11.1 Å². The molecular formula is C38H53F3N4O7Si. The highest BCUT2D eigenvalue weighted by Gasteiger charge is 2.45. The van der Waals surface area contributed by atoms with Gasteiger partial charge >= 0.3 is 18.2 Å². The van der Waals surface area contributed by atoms with Crippen LogP contribution < -0.4 is 10.2 Å². The van der Waals surface area contributed by atoms with Crippen LogP contribution in [0.3, 0.4) is 0 Å². The number of hydrogen-bond acceptors (Lipinski definition) is 10. The van der Waals surface area contributed by atoms with Gasteiger partial charge in [-0.3, -0.25) is 24.9 Å². The van der Waals surface area contributed by atoms with Gasteiger partial charge in [-0.15, -0.1) is 0 Å². The lowest BCUT2D eigenvalue weighted by Crippen LogP contribution is -2.55. The molecule has 11 nitrogen and oxygen atoms in total. The third kappa shape index (κ3) is 10.6. The zero-order valence-electron chi connectivity index (χ0n) is 32.8. The summed E-state index contributed by atoms with van der Waals surface area (Å²) in [6.07, 6.45) is -2.25. The lowest BCUT2D eigenvalue weighted by atomic mass is 9.84. The normalized spacial score (nSPS) is 18.9. The van der Waals surface area contributed by atoms with Gasteiger partial charge in [-0.2, -0.15) is 13.2 Å². The molecule has 1 amide bonds. The first kappa shape index (κ1) is 41.8. The minimum absolute atomic E-state index is 0.0171. The third-order valence-corrected chi connectivity index (χ3v) is 13.9. The number of anilines is 2. The monoisotopic (exact) mass is 762 g/mol. The van der Waals surface area contributed by atoms with Gasteiger partial charge in [-0.1, -0.05) is 27.7 Å². The number of piperidine rings is 1. The van der Waals surface area contributed by atoms with Crippen LogP contribution in [0.5, 0.6) is 0 Å². The van der Waals surface area contributed by atoms with E-state index in [9.17, 15) is 27.6 Å². The van der Waals surface area contributed by atoms with Crippen LogP contribution in [0.4, 0.5) is 29.5 Å². The Morgan fingerprint density at radius 2 is 1.62 bits per heavy atom. The van der Waals surface area contributed by atoms with Crippen LogP contribution in [0.2, 0.25) is 18.1 Å². The molecule has 1 aliphatic rings. The van der Waals surface area contributed by atoms with Gasteiger partial charge in [0.15, 0.2) is 19.7 Å². The van der Waals surface area contributed by atoms with E-state index in [1.807, 2.05) is 20.8 Å². The van der Waals surface area contributed by atoms with Gasteiger partial charge in [0.25, 0.3) is 0 Å². The number of halogens is 3. The van der Waals surface area contributed by atoms with Crippen LogP contribution >= 0.6 is 0 Å². The van der Waals surface area contributed by atoms with Gasteiger partial charge in [0.05, 0.1) is 18.1 Å². The lowest BCUT2D eigenvalue weighted by molar-refractivity contribution is -0.157. The maximum atomic E-state index is 14.2. The van der Waals surface area contributed by atoms with Gasteiger partial charge in [0.1, 0.15) is 22.3 Å². The van der Waals surface area contributed by atoms with Crippen molar-refractivity contribution >= 4 is 48.8 Å². The fourth-order valence-corrected chi connectivity index (χ4v) is 7.54. The SMILES string of the molecule is C[C@H]1CN(c2ccncc2CC(=O)c2c(NC(=O)OC(C)(C)C)oc3cc(C(F)(F)F)cnc23)C[C@@H](CC(=O)OC(C)(C)C)[C@@H]1O[Si](C)(C)C(C)(C)C. The number of amides is 1. The predicted molar refractivity (Wildman–Crippen MR) is 199 cm³/mol. The molecule has 4 heterocycles. The fourth-order valence-electron chi connectivity index (χ4n) is 6.08. The van der Waals surface area contributed by atoms with Crippen molar-refractivity contribution in [3.05, 3.63) is 47.4 Å². The molecule has 0 radical (unpaired) electrons. The van der Waals surface area contributed by atoms with Crippen LogP contribution in [0.15, 0.2) is 35.1 Å². The Bertz CT molecular complexity index is 1820. The molecule has 0 aliphatic carbocycles. The van der Waals surface area contributed by atoms with Gasteiger partial charge in [-0.05, 0) is 77.7 Å². The number of rotatable bonds is 9. The molecule has 3 aromatic heterocycles. The summed E-state index contributed by atoms with van der Waals surface area (Å²) in [7, 11) is -2.25. The summed E-state index contributed by atoms with van der Waals surface area (Å²) in [4.78, 5) is 50.5. The van der Waals surface area contributed by atoms with E-state index in [-0.39, 0.29) is 64.3 Å². The quantitative estimate of drug-likeness (QED) is 0.128. The van der Waals surface area contributed by atoms with Crippen molar-refractivity contribution in [2.24, 2.45) is 11.8 Å². The van der Waals surface area contributed by atoms with Crippen LogP contribution in [0.1, 0.15) is 97.1 Å². The van der Waals surface area contributed by atoms with Crippen molar-refractivity contribution in [1.82, 2.24) is 9.97 Å². The summed E-state index contributed by atoms with van der Waals surface area (Å²) >= 11 is 0.